The van der Waals surface area contributed by atoms with Gasteiger partial charge in [-0.25, -0.2) is 0 Å². The Labute approximate surface area is 323 Å². The van der Waals surface area contributed by atoms with Crippen LogP contribution in [0.3, 0.4) is 0 Å². The van der Waals surface area contributed by atoms with Crippen LogP contribution >= 0.6 is 0 Å². The highest BCUT2D eigenvalue weighted by Crippen LogP contribution is 2.56. The molecule has 0 fully saturated rings. The molecule has 3 aliphatic rings. The number of fused-ring (bicyclic) bond motifs is 10. The predicted molar refractivity (Wildman–Crippen MR) is 234 cm³/mol. The van der Waals surface area contributed by atoms with Crippen LogP contribution in [0.1, 0.15) is 74.9 Å². The molecule has 12 rings (SSSR count). The molecule has 0 atom stereocenters. The van der Waals surface area contributed by atoms with Crippen LogP contribution in [0.25, 0.3) is 88.0 Å². The van der Waals surface area contributed by atoms with Crippen molar-refractivity contribution in [1.29, 1.82) is 0 Å². The number of hydrogen-bond acceptors (Lipinski definition) is 0. The van der Waals surface area contributed by atoms with E-state index in [1.165, 1.54) is 121 Å². The molecule has 0 unspecified atom stereocenters. The summed E-state index contributed by atoms with van der Waals surface area (Å²) in [7, 11) is 0. The minimum absolute atomic E-state index is 0.00284. The quantitative estimate of drug-likeness (QED) is 0.157. The van der Waals surface area contributed by atoms with Crippen molar-refractivity contribution in [3.8, 4) is 55.6 Å². The molecule has 0 amide bonds. The second-order valence-electron chi connectivity index (χ2n) is 18.1. The largest absolute Gasteiger partial charge is 0.0619 e. The van der Waals surface area contributed by atoms with E-state index >= 15 is 0 Å². The van der Waals surface area contributed by atoms with Gasteiger partial charge in [-0.05, 0) is 146 Å². The Balaban J connectivity index is 1.02. The van der Waals surface area contributed by atoms with Crippen LogP contribution in [0, 0.1) is 0 Å². The maximum absolute atomic E-state index is 2.51. The standard InChI is InChI=1S/C55H42/c1-53(2)44-13-9-7-11-37(44)42-27-32(19-25-46(42)53)33-17-23-40-48(29-33)55(5,6)49-30-35-18-22-39-36(21-15-31-16-24-41(52(40)49)51(35)50(31)39)34-20-26-47-43(28-34)38-12-8-10-14-45(38)54(47,3)4/h7-30H,1-6H3. The summed E-state index contributed by atoms with van der Waals surface area (Å²) >= 11 is 0. The highest BCUT2D eigenvalue weighted by atomic mass is 14.4. The molecule has 0 N–H and O–H groups in total. The Morgan fingerprint density at radius 2 is 0.782 bits per heavy atom. The van der Waals surface area contributed by atoms with E-state index in [0.717, 1.165) is 0 Å². The maximum Gasteiger partial charge on any atom is 0.0159 e. The normalized spacial score (nSPS) is 16.3. The summed E-state index contributed by atoms with van der Waals surface area (Å²) in [4.78, 5) is 0. The molecule has 9 aromatic carbocycles. The number of rotatable bonds is 2. The summed E-state index contributed by atoms with van der Waals surface area (Å²) < 4.78 is 0. The van der Waals surface area contributed by atoms with Crippen LogP contribution in [-0.2, 0) is 16.2 Å². The maximum atomic E-state index is 2.51. The molecule has 0 aliphatic heterocycles. The SMILES string of the molecule is CC1(C)c2ccccc2-c2cc(-c3ccc4c(c3)C(C)(C)c3cc5ccc6c(-c7ccc8c(c7)-c7ccccc7C8(C)C)ccc7ccc(c3-4)c5c76)ccc21. The van der Waals surface area contributed by atoms with Crippen LogP contribution in [0.2, 0.25) is 0 Å². The smallest absolute Gasteiger partial charge is 0.0159 e. The van der Waals surface area contributed by atoms with E-state index in [2.05, 4.69) is 187 Å². The van der Waals surface area contributed by atoms with Crippen molar-refractivity contribution in [1.82, 2.24) is 0 Å². The summed E-state index contributed by atoms with van der Waals surface area (Å²) in [5.74, 6) is 0. The second-order valence-corrected chi connectivity index (χ2v) is 18.1. The first-order valence-corrected chi connectivity index (χ1v) is 19.9. The van der Waals surface area contributed by atoms with Gasteiger partial charge in [-0.1, -0.05) is 163 Å². The third-order valence-corrected chi connectivity index (χ3v) is 14.2. The minimum atomic E-state index is -0.129. The zero-order valence-electron chi connectivity index (χ0n) is 32.4. The van der Waals surface area contributed by atoms with E-state index < -0.39 is 0 Å². The highest BCUT2D eigenvalue weighted by molar-refractivity contribution is 6.28. The predicted octanol–water partition coefficient (Wildman–Crippen LogP) is 14.8. The first-order chi connectivity index (χ1) is 26.5. The van der Waals surface area contributed by atoms with Crippen LogP contribution in [-0.4, -0.2) is 0 Å². The van der Waals surface area contributed by atoms with Crippen LogP contribution in [0.5, 0.6) is 0 Å². The molecule has 0 bridgehead atoms. The van der Waals surface area contributed by atoms with Gasteiger partial charge in [0.2, 0.25) is 0 Å². The van der Waals surface area contributed by atoms with Gasteiger partial charge in [0.25, 0.3) is 0 Å². The molecule has 9 aromatic rings. The fraction of sp³-hybridized carbons (Fsp3) is 0.164. The highest BCUT2D eigenvalue weighted by Gasteiger charge is 2.39. The molecule has 0 heterocycles. The van der Waals surface area contributed by atoms with E-state index in [1.54, 1.807) is 0 Å². The van der Waals surface area contributed by atoms with Crippen molar-refractivity contribution in [2.24, 2.45) is 0 Å². The van der Waals surface area contributed by atoms with Crippen molar-refractivity contribution < 1.29 is 0 Å². The molecular formula is C55H42. The summed E-state index contributed by atoms with van der Waals surface area (Å²) in [5, 5.41) is 8.09. The second kappa shape index (κ2) is 10.2. The number of hydrogen-bond donors (Lipinski definition) is 0. The molecule has 0 heteroatoms. The summed E-state index contributed by atoms with van der Waals surface area (Å²) in [6.07, 6.45) is 0. The molecule has 0 nitrogen and oxygen atoms in total. The van der Waals surface area contributed by atoms with Gasteiger partial charge >= 0.3 is 0 Å². The van der Waals surface area contributed by atoms with Gasteiger partial charge in [-0.3, -0.25) is 0 Å². The summed E-state index contributed by atoms with van der Waals surface area (Å²) in [5.41, 5.74) is 21.8. The average Bonchev–Trinajstić information content (AvgIpc) is 3.68. The van der Waals surface area contributed by atoms with Gasteiger partial charge < -0.3 is 0 Å². The Bertz CT molecular complexity index is 3160. The minimum Gasteiger partial charge on any atom is -0.0619 e. The van der Waals surface area contributed by atoms with Crippen molar-refractivity contribution in [3.05, 3.63) is 179 Å². The molecule has 0 radical (unpaired) electrons. The van der Waals surface area contributed by atoms with E-state index in [-0.39, 0.29) is 16.2 Å². The van der Waals surface area contributed by atoms with E-state index in [1.807, 2.05) is 0 Å². The van der Waals surface area contributed by atoms with Crippen LogP contribution < -0.4 is 0 Å². The van der Waals surface area contributed by atoms with Crippen molar-refractivity contribution in [3.63, 3.8) is 0 Å². The Kier molecular flexibility index (Phi) is 5.82. The zero-order valence-corrected chi connectivity index (χ0v) is 32.4. The van der Waals surface area contributed by atoms with Gasteiger partial charge in [-0.15, -0.1) is 0 Å². The first-order valence-electron chi connectivity index (χ1n) is 19.9. The lowest BCUT2D eigenvalue weighted by Gasteiger charge is -2.23. The lowest BCUT2D eigenvalue weighted by molar-refractivity contribution is 0.660. The monoisotopic (exact) mass is 702 g/mol. The Morgan fingerprint density at radius 3 is 1.49 bits per heavy atom. The van der Waals surface area contributed by atoms with Gasteiger partial charge in [0.05, 0.1) is 0 Å². The molecule has 0 saturated carbocycles. The van der Waals surface area contributed by atoms with Gasteiger partial charge in [-0.2, -0.15) is 0 Å². The van der Waals surface area contributed by atoms with E-state index in [4.69, 9.17) is 0 Å². The lowest BCUT2D eigenvalue weighted by atomic mass is 9.79. The third-order valence-electron chi connectivity index (χ3n) is 14.2. The zero-order chi connectivity index (χ0) is 37.2. The van der Waals surface area contributed by atoms with Gasteiger partial charge in [0.1, 0.15) is 0 Å². The van der Waals surface area contributed by atoms with Crippen LogP contribution in [0.15, 0.2) is 146 Å². The van der Waals surface area contributed by atoms with Gasteiger partial charge in [0.15, 0.2) is 0 Å². The Hall–Kier alpha value is -5.98. The lowest BCUT2D eigenvalue weighted by Crippen LogP contribution is -2.15. The van der Waals surface area contributed by atoms with Crippen molar-refractivity contribution in [2.75, 3.05) is 0 Å². The Morgan fingerprint density at radius 1 is 0.291 bits per heavy atom. The van der Waals surface area contributed by atoms with Crippen molar-refractivity contribution >= 4 is 32.3 Å². The van der Waals surface area contributed by atoms with E-state index in [0.29, 0.717) is 0 Å². The fourth-order valence-corrected chi connectivity index (χ4v) is 11.3. The van der Waals surface area contributed by atoms with Crippen molar-refractivity contribution in [2.45, 2.75) is 57.8 Å². The molecule has 0 aromatic heterocycles. The third kappa shape index (κ3) is 3.87. The molecule has 55 heavy (non-hydrogen) atoms. The first kappa shape index (κ1) is 31.4. The van der Waals surface area contributed by atoms with Gasteiger partial charge in [0, 0.05) is 16.2 Å². The summed E-state index contributed by atoms with van der Waals surface area (Å²) in [6, 6.07) is 56.2. The molecule has 0 spiro atoms. The van der Waals surface area contributed by atoms with Crippen LogP contribution in [0.4, 0.5) is 0 Å². The topological polar surface area (TPSA) is 0 Å². The molecule has 262 valence electrons. The molecule has 0 saturated heterocycles. The fourth-order valence-electron chi connectivity index (χ4n) is 11.3. The molecular weight excluding hydrogens is 661 g/mol. The van der Waals surface area contributed by atoms with E-state index in [9.17, 15) is 0 Å². The molecule has 3 aliphatic carbocycles. The summed E-state index contributed by atoms with van der Waals surface area (Å²) in [6.45, 7) is 14.3. The average molecular weight is 703 g/mol. The number of benzene rings is 9.